The van der Waals surface area contributed by atoms with Crippen LogP contribution in [0, 0.1) is 5.92 Å². The van der Waals surface area contributed by atoms with Gasteiger partial charge in [0.05, 0.1) is 19.4 Å². The van der Waals surface area contributed by atoms with Crippen LogP contribution >= 0.6 is 0 Å². The van der Waals surface area contributed by atoms with Crippen molar-refractivity contribution in [2.75, 3.05) is 6.54 Å². The number of nitrogens with zero attached hydrogens (tertiary/aromatic N) is 2. The first-order chi connectivity index (χ1) is 13.9. The van der Waals surface area contributed by atoms with Crippen LogP contribution in [0.4, 0.5) is 0 Å². The van der Waals surface area contributed by atoms with Crippen molar-refractivity contribution in [3.05, 3.63) is 60.2 Å². The molecule has 2 amide bonds. The van der Waals surface area contributed by atoms with Crippen molar-refractivity contribution in [2.45, 2.75) is 45.8 Å². The standard InChI is InChI=1S/C23H27N3O3/c1-16(2)10-11-24-22(28)23(3)15-25-19-9-5-4-7-17(19)13-20(25)21(27)26(23)14-18-8-6-12-29-18/h4-9,12-13,16H,10-11,14-15H2,1-3H3,(H,24,28)/t23-/m0/s1. The second-order valence-electron chi connectivity index (χ2n) is 8.36. The molecular formula is C23H27N3O3. The highest BCUT2D eigenvalue weighted by Crippen LogP contribution is 2.33. The summed E-state index contributed by atoms with van der Waals surface area (Å²) in [5, 5.41) is 4.05. The SMILES string of the molecule is CC(C)CCNC(=O)[C@]1(C)Cn2c(cc3ccccc32)C(=O)N1Cc1ccco1. The van der Waals surface area contributed by atoms with E-state index in [4.69, 9.17) is 4.42 Å². The normalized spacial score (nSPS) is 19.0. The molecule has 1 aliphatic rings. The molecule has 0 bridgehead atoms. The lowest BCUT2D eigenvalue weighted by Gasteiger charge is -2.43. The number of amides is 2. The molecule has 1 aliphatic heterocycles. The summed E-state index contributed by atoms with van der Waals surface area (Å²) < 4.78 is 7.46. The number of hydrogen-bond donors (Lipinski definition) is 1. The van der Waals surface area contributed by atoms with Crippen molar-refractivity contribution in [3.8, 4) is 0 Å². The first kappa shape index (κ1) is 19.3. The van der Waals surface area contributed by atoms with E-state index in [1.807, 2.05) is 47.9 Å². The number of carbonyl (C=O) groups is 2. The highest BCUT2D eigenvalue weighted by Gasteiger charge is 2.47. The number of aromatic nitrogens is 1. The van der Waals surface area contributed by atoms with Gasteiger partial charge in [0.1, 0.15) is 17.0 Å². The Morgan fingerprint density at radius 2 is 2.03 bits per heavy atom. The van der Waals surface area contributed by atoms with Crippen LogP contribution in [0.3, 0.4) is 0 Å². The number of rotatable bonds is 6. The van der Waals surface area contributed by atoms with Crippen LogP contribution in [-0.2, 0) is 17.9 Å². The van der Waals surface area contributed by atoms with Crippen molar-refractivity contribution >= 4 is 22.7 Å². The van der Waals surface area contributed by atoms with Crippen molar-refractivity contribution in [2.24, 2.45) is 5.92 Å². The Labute approximate surface area is 170 Å². The van der Waals surface area contributed by atoms with E-state index < -0.39 is 5.54 Å². The van der Waals surface area contributed by atoms with Crippen LogP contribution in [-0.4, -0.2) is 33.4 Å². The minimum atomic E-state index is -1.02. The van der Waals surface area contributed by atoms with Crippen molar-refractivity contribution in [3.63, 3.8) is 0 Å². The third-order valence-electron chi connectivity index (χ3n) is 5.73. The zero-order chi connectivity index (χ0) is 20.6. The largest absolute Gasteiger partial charge is 0.467 e. The second kappa shape index (κ2) is 7.43. The molecule has 0 saturated carbocycles. The lowest BCUT2D eigenvalue weighted by molar-refractivity contribution is -0.133. The smallest absolute Gasteiger partial charge is 0.271 e. The Kier molecular flexibility index (Phi) is 4.94. The van der Waals surface area contributed by atoms with E-state index in [1.54, 1.807) is 17.2 Å². The van der Waals surface area contributed by atoms with E-state index in [0.717, 1.165) is 17.3 Å². The van der Waals surface area contributed by atoms with Crippen molar-refractivity contribution in [1.82, 2.24) is 14.8 Å². The van der Waals surface area contributed by atoms with Gasteiger partial charge in [-0.1, -0.05) is 32.0 Å². The van der Waals surface area contributed by atoms with E-state index in [1.165, 1.54) is 0 Å². The van der Waals surface area contributed by atoms with Gasteiger partial charge in [0, 0.05) is 17.4 Å². The molecule has 3 heterocycles. The summed E-state index contributed by atoms with van der Waals surface area (Å²) in [6.07, 6.45) is 2.48. The maximum Gasteiger partial charge on any atom is 0.271 e. The third kappa shape index (κ3) is 3.43. The van der Waals surface area contributed by atoms with Gasteiger partial charge in [-0.2, -0.15) is 0 Å². The summed E-state index contributed by atoms with van der Waals surface area (Å²) in [7, 11) is 0. The molecular weight excluding hydrogens is 366 g/mol. The van der Waals surface area contributed by atoms with Crippen LogP contribution in [0.15, 0.2) is 53.1 Å². The van der Waals surface area contributed by atoms with Gasteiger partial charge in [-0.15, -0.1) is 0 Å². The van der Waals surface area contributed by atoms with E-state index in [0.29, 0.717) is 30.5 Å². The Hall–Kier alpha value is -3.02. The minimum Gasteiger partial charge on any atom is -0.467 e. The van der Waals surface area contributed by atoms with Gasteiger partial charge in [0.25, 0.3) is 5.91 Å². The Morgan fingerprint density at radius 1 is 1.24 bits per heavy atom. The topological polar surface area (TPSA) is 67.5 Å². The summed E-state index contributed by atoms with van der Waals surface area (Å²) in [5.74, 6) is 0.853. The molecule has 29 heavy (non-hydrogen) atoms. The molecule has 1 atom stereocenters. The summed E-state index contributed by atoms with van der Waals surface area (Å²) in [4.78, 5) is 28.4. The van der Waals surface area contributed by atoms with Gasteiger partial charge >= 0.3 is 0 Å². The van der Waals surface area contributed by atoms with Crippen LogP contribution in [0.25, 0.3) is 10.9 Å². The number of nitrogens with one attached hydrogen (secondary N) is 1. The first-order valence-electron chi connectivity index (χ1n) is 10.1. The van der Waals surface area contributed by atoms with Crippen molar-refractivity contribution in [1.29, 1.82) is 0 Å². The molecule has 4 rings (SSSR count). The highest BCUT2D eigenvalue weighted by atomic mass is 16.3. The number of furan rings is 1. The van der Waals surface area contributed by atoms with E-state index >= 15 is 0 Å². The minimum absolute atomic E-state index is 0.138. The van der Waals surface area contributed by atoms with Crippen LogP contribution < -0.4 is 5.32 Å². The van der Waals surface area contributed by atoms with Gasteiger partial charge in [-0.25, -0.2) is 0 Å². The summed E-state index contributed by atoms with van der Waals surface area (Å²) in [6, 6.07) is 13.4. The van der Waals surface area contributed by atoms with E-state index in [-0.39, 0.29) is 18.4 Å². The van der Waals surface area contributed by atoms with E-state index in [2.05, 4.69) is 19.2 Å². The highest BCUT2D eigenvalue weighted by molar-refractivity contribution is 6.03. The molecule has 0 saturated heterocycles. The first-order valence-corrected chi connectivity index (χ1v) is 10.1. The number of benzene rings is 1. The van der Waals surface area contributed by atoms with Gasteiger partial charge in [0.15, 0.2) is 0 Å². The number of carbonyl (C=O) groups excluding carboxylic acids is 2. The molecule has 0 radical (unpaired) electrons. The van der Waals surface area contributed by atoms with Gasteiger partial charge < -0.3 is 19.2 Å². The van der Waals surface area contributed by atoms with E-state index in [9.17, 15) is 9.59 Å². The predicted molar refractivity (Wildman–Crippen MR) is 111 cm³/mol. The van der Waals surface area contributed by atoms with Crippen molar-refractivity contribution < 1.29 is 14.0 Å². The zero-order valence-electron chi connectivity index (χ0n) is 17.1. The maximum atomic E-state index is 13.5. The molecule has 3 aromatic rings. The number of para-hydroxylation sites is 1. The molecule has 0 spiro atoms. The lowest BCUT2D eigenvalue weighted by Crippen LogP contribution is -2.63. The average Bonchev–Trinajstić information content (AvgIpc) is 3.33. The second-order valence-corrected chi connectivity index (χ2v) is 8.36. The zero-order valence-corrected chi connectivity index (χ0v) is 17.1. The molecule has 2 aromatic heterocycles. The fourth-order valence-electron chi connectivity index (χ4n) is 3.98. The third-order valence-corrected chi connectivity index (χ3v) is 5.73. The quantitative estimate of drug-likeness (QED) is 0.692. The fraction of sp³-hybridized carbons (Fsp3) is 0.391. The monoisotopic (exact) mass is 393 g/mol. The van der Waals surface area contributed by atoms with Gasteiger partial charge in [-0.3, -0.25) is 9.59 Å². The molecule has 6 heteroatoms. The number of hydrogen-bond acceptors (Lipinski definition) is 3. The number of fused-ring (bicyclic) bond motifs is 3. The summed E-state index contributed by atoms with van der Waals surface area (Å²) in [6.45, 7) is 7.33. The molecule has 0 unspecified atom stereocenters. The Morgan fingerprint density at radius 3 is 2.76 bits per heavy atom. The Balaban J connectivity index is 1.73. The molecule has 0 fully saturated rings. The summed E-state index contributed by atoms with van der Waals surface area (Å²) in [5.41, 5.74) is 0.551. The molecule has 0 aliphatic carbocycles. The summed E-state index contributed by atoms with van der Waals surface area (Å²) >= 11 is 0. The Bertz CT molecular complexity index is 1040. The van der Waals surface area contributed by atoms with Gasteiger partial charge in [-0.05, 0) is 43.5 Å². The molecule has 1 aromatic carbocycles. The molecule has 1 N–H and O–H groups in total. The predicted octanol–water partition coefficient (Wildman–Crippen LogP) is 3.81. The lowest BCUT2D eigenvalue weighted by atomic mass is 9.94. The van der Waals surface area contributed by atoms with Gasteiger partial charge in [0.2, 0.25) is 5.91 Å². The molecule has 6 nitrogen and oxygen atoms in total. The average molecular weight is 393 g/mol. The van der Waals surface area contributed by atoms with Crippen LogP contribution in [0.1, 0.15) is 43.4 Å². The fourth-order valence-corrected chi connectivity index (χ4v) is 3.98. The maximum absolute atomic E-state index is 13.5. The van der Waals surface area contributed by atoms with Crippen LogP contribution in [0.2, 0.25) is 0 Å². The molecule has 152 valence electrons. The van der Waals surface area contributed by atoms with Crippen LogP contribution in [0.5, 0.6) is 0 Å².